The summed E-state index contributed by atoms with van der Waals surface area (Å²) in [6.07, 6.45) is 5.39. The number of hydrogen-bond donors (Lipinski definition) is 1. The topological polar surface area (TPSA) is 52.0 Å². The number of methoxy groups -OCH3 is 1. The van der Waals surface area contributed by atoms with Crippen molar-refractivity contribution in [1.29, 1.82) is 0 Å². The largest absolute Gasteiger partial charge is 0.495 e. The highest BCUT2D eigenvalue weighted by atomic mass is 16.5. The van der Waals surface area contributed by atoms with E-state index in [1.54, 1.807) is 19.5 Å². The highest BCUT2D eigenvalue weighted by Gasteiger charge is 1.95. The van der Waals surface area contributed by atoms with Gasteiger partial charge >= 0.3 is 0 Å². The van der Waals surface area contributed by atoms with Crippen molar-refractivity contribution in [2.75, 3.05) is 19.0 Å². The number of ether oxygens (including phenoxy) is 1. The molecule has 0 saturated heterocycles. The van der Waals surface area contributed by atoms with Crippen LogP contribution in [-0.2, 0) is 6.54 Å². The van der Waals surface area contributed by atoms with Crippen LogP contribution in [0.25, 0.3) is 0 Å². The molecule has 0 bridgehead atoms. The van der Waals surface area contributed by atoms with E-state index in [9.17, 15) is 0 Å². The Bertz CT molecular complexity index is 410. The molecular weight excluding hydrogens is 204 g/mol. The van der Waals surface area contributed by atoms with Crippen LogP contribution in [0.1, 0.15) is 0 Å². The molecule has 0 aliphatic rings. The minimum absolute atomic E-state index is 0.762. The maximum Gasteiger partial charge on any atom is 0.137 e. The lowest BCUT2D eigenvalue weighted by Gasteiger charge is -2.06. The van der Waals surface area contributed by atoms with E-state index in [0.717, 1.165) is 24.7 Å². The van der Waals surface area contributed by atoms with Crippen LogP contribution < -0.4 is 10.1 Å². The van der Waals surface area contributed by atoms with Gasteiger partial charge in [0.1, 0.15) is 11.6 Å². The minimum Gasteiger partial charge on any atom is -0.495 e. The zero-order valence-electron chi connectivity index (χ0n) is 9.13. The van der Waals surface area contributed by atoms with Crippen LogP contribution in [0.2, 0.25) is 0 Å². The Labute approximate surface area is 94.1 Å². The molecule has 84 valence electrons. The number of aromatic nitrogens is 3. The Morgan fingerprint density at radius 3 is 3.00 bits per heavy atom. The standard InChI is InChI=1S/C11H14N4O/c1-16-10-3-4-11(13-9-10)12-6-8-15-7-2-5-14-15/h2-5,7,9H,6,8H2,1H3,(H,12,13). The molecule has 0 atom stereocenters. The first-order chi connectivity index (χ1) is 7.88. The van der Waals surface area contributed by atoms with Crippen molar-refractivity contribution < 1.29 is 4.74 Å². The summed E-state index contributed by atoms with van der Waals surface area (Å²) in [5.41, 5.74) is 0. The smallest absolute Gasteiger partial charge is 0.137 e. The van der Waals surface area contributed by atoms with Crippen LogP contribution >= 0.6 is 0 Å². The molecule has 2 aromatic heterocycles. The molecule has 0 amide bonds. The summed E-state index contributed by atoms with van der Waals surface area (Å²) in [5.74, 6) is 1.60. The highest BCUT2D eigenvalue weighted by molar-refractivity contribution is 5.37. The van der Waals surface area contributed by atoms with E-state index in [1.807, 2.05) is 29.1 Å². The third-order valence-electron chi connectivity index (χ3n) is 2.18. The predicted octanol–water partition coefficient (Wildman–Crippen LogP) is 1.40. The molecule has 5 heteroatoms. The van der Waals surface area contributed by atoms with Gasteiger partial charge < -0.3 is 10.1 Å². The van der Waals surface area contributed by atoms with Gasteiger partial charge in [0.05, 0.1) is 19.9 Å². The number of nitrogens with zero attached hydrogens (tertiary/aromatic N) is 3. The summed E-state index contributed by atoms with van der Waals surface area (Å²) in [7, 11) is 1.63. The summed E-state index contributed by atoms with van der Waals surface area (Å²) in [6, 6.07) is 5.68. The van der Waals surface area contributed by atoms with E-state index in [1.165, 1.54) is 0 Å². The lowest BCUT2D eigenvalue weighted by atomic mass is 10.4. The Balaban J connectivity index is 1.81. The number of hydrogen-bond acceptors (Lipinski definition) is 4. The van der Waals surface area contributed by atoms with Crippen molar-refractivity contribution >= 4 is 5.82 Å². The molecule has 0 saturated carbocycles. The van der Waals surface area contributed by atoms with Crippen molar-refractivity contribution in [2.45, 2.75) is 6.54 Å². The second-order valence-corrected chi connectivity index (χ2v) is 3.28. The molecule has 16 heavy (non-hydrogen) atoms. The van der Waals surface area contributed by atoms with Crippen molar-refractivity contribution in [2.24, 2.45) is 0 Å². The molecule has 0 fully saturated rings. The van der Waals surface area contributed by atoms with E-state index in [-0.39, 0.29) is 0 Å². The highest BCUT2D eigenvalue weighted by Crippen LogP contribution is 2.10. The first-order valence-corrected chi connectivity index (χ1v) is 5.10. The molecule has 2 rings (SSSR count). The van der Waals surface area contributed by atoms with Gasteiger partial charge in [-0.05, 0) is 18.2 Å². The molecule has 0 aromatic carbocycles. The normalized spacial score (nSPS) is 10.1. The first-order valence-electron chi connectivity index (χ1n) is 5.10. The Morgan fingerprint density at radius 1 is 1.44 bits per heavy atom. The first kappa shape index (κ1) is 10.5. The summed E-state index contributed by atoms with van der Waals surface area (Å²) in [5, 5.41) is 7.32. The monoisotopic (exact) mass is 218 g/mol. The van der Waals surface area contributed by atoms with Crippen LogP contribution in [0, 0.1) is 0 Å². The van der Waals surface area contributed by atoms with Crippen LogP contribution in [0.4, 0.5) is 5.82 Å². The molecule has 0 spiro atoms. The fraction of sp³-hybridized carbons (Fsp3) is 0.273. The fourth-order valence-corrected chi connectivity index (χ4v) is 1.34. The maximum absolute atomic E-state index is 5.03. The Kier molecular flexibility index (Phi) is 3.38. The fourth-order valence-electron chi connectivity index (χ4n) is 1.34. The van der Waals surface area contributed by atoms with Gasteiger partial charge in [-0.1, -0.05) is 0 Å². The van der Waals surface area contributed by atoms with E-state index in [4.69, 9.17) is 4.74 Å². The number of nitrogens with one attached hydrogen (secondary N) is 1. The lowest BCUT2D eigenvalue weighted by molar-refractivity contribution is 0.413. The molecular formula is C11H14N4O. The van der Waals surface area contributed by atoms with Crippen LogP contribution in [0.3, 0.4) is 0 Å². The van der Waals surface area contributed by atoms with E-state index in [2.05, 4.69) is 15.4 Å². The van der Waals surface area contributed by atoms with Crippen molar-refractivity contribution in [3.8, 4) is 5.75 Å². The molecule has 2 heterocycles. The minimum atomic E-state index is 0.762. The predicted molar refractivity (Wildman–Crippen MR) is 61.5 cm³/mol. The van der Waals surface area contributed by atoms with Crippen molar-refractivity contribution in [3.63, 3.8) is 0 Å². The van der Waals surface area contributed by atoms with Crippen molar-refractivity contribution in [1.82, 2.24) is 14.8 Å². The van der Waals surface area contributed by atoms with Crippen LogP contribution in [0.15, 0.2) is 36.8 Å². The van der Waals surface area contributed by atoms with Gasteiger partial charge in [0.2, 0.25) is 0 Å². The second-order valence-electron chi connectivity index (χ2n) is 3.28. The number of pyridine rings is 1. The van der Waals surface area contributed by atoms with Crippen molar-refractivity contribution in [3.05, 3.63) is 36.8 Å². The van der Waals surface area contributed by atoms with Gasteiger partial charge in [-0.15, -0.1) is 0 Å². The van der Waals surface area contributed by atoms with Crippen LogP contribution in [-0.4, -0.2) is 28.4 Å². The third kappa shape index (κ3) is 2.73. The van der Waals surface area contributed by atoms with Gasteiger partial charge in [-0.3, -0.25) is 4.68 Å². The van der Waals surface area contributed by atoms with Gasteiger partial charge in [0.15, 0.2) is 0 Å². The maximum atomic E-state index is 5.03. The zero-order chi connectivity index (χ0) is 11.2. The van der Waals surface area contributed by atoms with Gasteiger partial charge in [0.25, 0.3) is 0 Å². The molecule has 0 aliphatic heterocycles. The van der Waals surface area contributed by atoms with Gasteiger partial charge in [-0.2, -0.15) is 5.10 Å². The van der Waals surface area contributed by atoms with E-state index in [0.29, 0.717) is 0 Å². The second kappa shape index (κ2) is 5.16. The third-order valence-corrected chi connectivity index (χ3v) is 2.18. The summed E-state index contributed by atoms with van der Waals surface area (Å²) < 4.78 is 6.90. The summed E-state index contributed by atoms with van der Waals surface area (Å²) in [4.78, 5) is 4.20. The summed E-state index contributed by atoms with van der Waals surface area (Å²) in [6.45, 7) is 1.61. The quantitative estimate of drug-likeness (QED) is 0.824. The Morgan fingerprint density at radius 2 is 2.38 bits per heavy atom. The molecule has 1 N–H and O–H groups in total. The number of rotatable bonds is 5. The molecule has 2 aromatic rings. The van der Waals surface area contributed by atoms with Gasteiger partial charge in [-0.25, -0.2) is 4.98 Å². The van der Waals surface area contributed by atoms with E-state index < -0.39 is 0 Å². The summed E-state index contributed by atoms with van der Waals surface area (Å²) >= 11 is 0. The SMILES string of the molecule is COc1ccc(NCCn2cccn2)nc1. The van der Waals surface area contributed by atoms with Crippen LogP contribution in [0.5, 0.6) is 5.75 Å². The molecule has 0 radical (unpaired) electrons. The molecule has 0 aliphatic carbocycles. The number of anilines is 1. The van der Waals surface area contributed by atoms with E-state index >= 15 is 0 Å². The lowest BCUT2D eigenvalue weighted by Crippen LogP contribution is -2.11. The average Bonchev–Trinajstić information content (AvgIpc) is 2.83. The molecule has 0 unspecified atom stereocenters. The average molecular weight is 218 g/mol. The molecule has 5 nitrogen and oxygen atoms in total. The van der Waals surface area contributed by atoms with Gasteiger partial charge in [0, 0.05) is 18.9 Å². The Hall–Kier alpha value is -2.04. The zero-order valence-corrected chi connectivity index (χ0v) is 9.13.